The molecule has 2 rings (SSSR count). The predicted molar refractivity (Wildman–Crippen MR) is 126 cm³/mol. The first kappa shape index (κ1) is 22.4. The molecule has 148 valence electrons. The Morgan fingerprint density at radius 1 is 1.14 bits per heavy atom. The topological polar surface area (TPSA) is 53.5 Å². The maximum absolute atomic E-state index is 12.0. The maximum Gasteiger partial charge on any atom is 0.259 e. The number of hydrazone groups is 1. The van der Waals surface area contributed by atoms with E-state index >= 15 is 0 Å². The van der Waals surface area contributed by atoms with Crippen molar-refractivity contribution in [3.8, 4) is 0 Å². The number of aryl methyl sites for hydroxylation is 1. The standard InChI is InChI=1S/C22H25Br2N3O/c1-14(2)18-7-5-17(6-8-18)9-16(4)12-26-27-21(28)13-25-22-19(23)10-15(3)11-20(22)24/h5-12,14,25H,13H2,1-4H3,(H,27,28)/b16-9-,26-12+. The monoisotopic (exact) mass is 505 g/mol. The van der Waals surface area contributed by atoms with Gasteiger partial charge in [-0.2, -0.15) is 5.10 Å². The number of nitrogens with one attached hydrogen (secondary N) is 2. The van der Waals surface area contributed by atoms with Crippen LogP contribution in [0.15, 0.2) is 56.0 Å². The minimum atomic E-state index is -0.218. The molecule has 1 amide bonds. The Balaban J connectivity index is 1.87. The number of nitrogens with zero attached hydrogens (tertiary/aromatic N) is 1. The molecule has 28 heavy (non-hydrogen) atoms. The van der Waals surface area contributed by atoms with E-state index in [1.54, 1.807) is 6.21 Å². The molecule has 0 atom stereocenters. The van der Waals surface area contributed by atoms with Gasteiger partial charge in [-0.05, 0) is 86.0 Å². The molecule has 4 nitrogen and oxygen atoms in total. The smallest absolute Gasteiger partial charge is 0.259 e. The summed E-state index contributed by atoms with van der Waals surface area (Å²) >= 11 is 7.00. The van der Waals surface area contributed by atoms with E-state index < -0.39 is 0 Å². The highest BCUT2D eigenvalue weighted by Crippen LogP contribution is 2.32. The summed E-state index contributed by atoms with van der Waals surface area (Å²) in [5.41, 5.74) is 7.88. The van der Waals surface area contributed by atoms with Crippen LogP contribution in [0.2, 0.25) is 0 Å². The van der Waals surface area contributed by atoms with Crippen LogP contribution in [0.25, 0.3) is 6.08 Å². The summed E-state index contributed by atoms with van der Waals surface area (Å²) in [6, 6.07) is 12.4. The quantitative estimate of drug-likeness (QED) is 0.344. The third-order valence-corrected chi connectivity index (χ3v) is 5.32. The molecular formula is C22H25Br2N3O. The Labute approximate surface area is 183 Å². The molecule has 2 aromatic rings. The van der Waals surface area contributed by atoms with E-state index in [-0.39, 0.29) is 12.5 Å². The van der Waals surface area contributed by atoms with Crippen LogP contribution in [0.3, 0.4) is 0 Å². The first-order valence-electron chi connectivity index (χ1n) is 9.06. The van der Waals surface area contributed by atoms with Crippen molar-refractivity contribution in [2.45, 2.75) is 33.6 Å². The van der Waals surface area contributed by atoms with Gasteiger partial charge in [0.05, 0.1) is 18.4 Å². The lowest BCUT2D eigenvalue weighted by Crippen LogP contribution is -2.26. The van der Waals surface area contributed by atoms with Gasteiger partial charge in [0.2, 0.25) is 0 Å². The molecule has 6 heteroatoms. The number of amides is 1. The van der Waals surface area contributed by atoms with Crippen molar-refractivity contribution in [2.75, 3.05) is 11.9 Å². The lowest BCUT2D eigenvalue weighted by molar-refractivity contribution is -0.119. The molecule has 0 spiro atoms. The highest BCUT2D eigenvalue weighted by Gasteiger charge is 2.07. The number of allylic oxidation sites excluding steroid dienone is 1. The second kappa shape index (κ2) is 10.6. The molecule has 0 heterocycles. The van der Waals surface area contributed by atoms with Crippen LogP contribution in [0.4, 0.5) is 5.69 Å². The number of carbonyl (C=O) groups excluding carboxylic acids is 1. The largest absolute Gasteiger partial charge is 0.374 e. The highest BCUT2D eigenvalue weighted by molar-refractivity contribution is 9.11. The van der Waals surface area contributed by atoms with Crippen LogP contribution in [-0.2, 0) is 4.79 Å². The Morgan fingerprint density at radius 3 is 2.32 bits per heavy atom. The van der Waals surface area contributed by atoms with Gasteiger partial charge >= 0.3 is 0 Å². The lowest BCUT2D eigenvalue weighted by atomic mass is 10.0. The molecule has 2 aromatic carbocycles. The molecular weight excluding hydrogens is 482 g/mol. The lowest BCUT2D eigenvalue weighted by Gasteiger charge is -2.11. The van der Waals surface area contributed by atoms with Gasteiger partial charge in [-0.15, -0.1) is 0 Å². The van der Waals surface area contributed by atoms with Crippen molar-refractivity contribution in [2.24, 2.45) is 5.10 Å². The van der Waals surface area contributed by atoms with Crippen LogP contribution in [0, 0.1) is 6.92 Å². The van der Waals surface area contributed by atoms with Crippen LogP contribution in [0.1, 0.15) is 43.4 Å². The zero-order valence-electron chi connectivity index (χ0n) is 16.5. The molecule has 0 unspecified atom stereocenters. The molecule has 0 aliphatic rings. The summed E-state index contributed by atoms with van der Waals surface area (Å²) in [4.78, 5) is 12.0. The second-order valence-electron chi connectivity index (χ2n) is 6.96. The summed E-state index contributed by atoms with van der Waals surface area (Å²) in [6.45, 7) is 8.43. The fourth-order valence-corrected chi connectivity index (χ4v) is 4.26. The molecule has 0 aliphatic carbocycles. The van der Waals surface area contributed by atoms with E-state index in [9.17, 15) is 4.79 Å². The Bertz CT molecular complexity index is 864. The third-order valence-electron chi connectivity index (χ3n) is 4.07. The zero-order valence-corrected chi connectivity index (χ0v) is 19.7. The average molecular weight is 507 g/mol. The molecule has 0 saturated carbocycles. The van der Waals surface area contributed by atoms with Gasteiger partial charge in [-0.25, -0.2) is 5.43 Å². The Hall–Kier alpha value is -1.92. The number of hydrogen-bond donors (Lipinski definition) is 2. The first-order valence-corrected chi connectivity index (χ1v) is 10.6. The van der Waals surface area contributed by atoms with Gasteiger partial charge in [0.1, 0.15) is 0 Å². The number of hydrogen-bond acceptors (Lipinski definition) is 3. The van der Waals surface area contributed by atoms with Crippen molar-refractivity contribution in [1.82, 2.24) is 5.43 Å². The molecule has 0 bridgehead atoms. The number of anilines is 1. The van der Waals surface area contributed by atoms with Gasteiger partial charge in [-0.3, -0.25) is 4.79 Å². The number of rotatable bonds is 7. The van der Waals surface area contributed by atoms with E-state index in [4.69, 9.17) is 0 Å². The molecule has 0 aliphatic heterocycles. The highest BCUT2D eigenvalue weighted by atomic mass is 79.9. The number of halogens is 2. The van der Waals surface area contributed by atoms with Crippen LogP contribution in [-0.4, -0.2) is 18.7 Å². The van der Waals surface area contributed by atoms with E-state index in [0.717, 1.165) is 31.3 Å². The zero-order chi connectivity index (χ0) is 20.7. The second-order valence-corrected chi connectivity index (χ2v) is 8.67. The van der Waals surface area contributed by atoms with Crippen molar-refractivity contribution < 1.29 is 4.79 Å². The predicted octanol–water partition coefficient (Wildman–Crippen LogP) is 6.26. The van der Waals surface area contributed by atoms with E-state index in [1.807, 2.05) is 32.1 Å². The van der Waals surface area contributed by atoms with E-state index in [2.05, 4.69) is 85.8 Å². The first-order chi connectivity index (χ1) is 13.3. The van der Waals surface area contributed by atoms with Crippen LogP contribution in [0.5, 0.6) is 0 Å². The van der Waals surface area contributed by atoms with Crippen molar-refractivity contribution in [1.29, 1.82) is 0 Å². The maximum atomic E-state index is 12.0. The summed E-state index contributed by atoms with van der Waals surface area (Å²) < 4.78 is 1.80. The summed E-state index contributed by atoms with van der Waals surface area (Å²) in [5, 5.41) is 7.13. The van der Waals surface area contributed by atoms with Crippen LogP contribution >= 0.6 is 31.9 Å². The van der Waals surface area contributed by atoms with Crippen molar-refractivity contribution >= 4 is 55.7 Å². The SMILES string of the molecule is CC(=C/c1ccc(C(C)C)cc1)/C=N/NC(=O)CNc1c(Br)cc(C)cc1Br. The molecule has 0 radical (unpaired) electrons. The van der Waals surface area contributed by atoms with Gasteiger partial charge < -0.3 is 5.32 Å². The Morgan fingerprint density at radius 2 is 1.75 bits per heavy atom. The fourth-order valence-electron chi connectivity index (χ4n) is 2.56. The summed E-state index contributed by atoms with van der Waals surface area (Å²) in [7, 11) is 0. The van der Waals surface area contributed by atoms with E-state index in [0.29, 0.717) is 5.92 Å². The van der Waals surface area contributed by atoms with Crippen molar-refractivity contribution in [3.05, 3.63) is 67.6 Å². The minimum absolute atomic E-state index is 0.122. The normalized spacial score (nSPS) is 11.9. The van der Waals surface area contributed by atoms with Gasteiger partial charge in [0, 0.05) is 8.95 Å². The van der Waals surface area contributed by atoms with Gasteiger partial charge in [-0.1, -0.05) is 44.2 Å². The molecule has 2 N–H and O–H groups in total. The molecule has 0 saturated heterocycles. The molecule has 0 fully saturated rings. The van der Waals surface area contributed by atoms with E-state index in [1.165, 1.54) is 5.56 Å². The fraction of sp³-hybridized carbons (Fsp3) is 0.273. The third kappa shape index (κ3) is 6.91. The molecule has 0 aromatic heterocycles. The number of carbonyl (C=O) groups is 1. The van der Waals surface area contributed by atoms with Crippen molar-refractivity contribution in [3.63, 3.8) is 0 Å². The average Bonchev–Trinajstić information content (AvgIpc) is 2.61. The summed E-state index contributed by atoms with van der Waals surface area (Å²) in [5.74, 6) is 0.301. The number of benzene rings is 2. The summed E-state index contributed by atoms with van der Waals surface area (Å²) in [6.07, 6.45) is 3.67. The van der Waals surface area contributed by atoms with Gasteiger partial charge in [0.15, 0.2) is 0 Å². The minimum Gasteiger partial charge on any atom is -0.374 e. The van der Waals surface area contributed by atoms with Gasteiger partial charge in [0.25, 0.3) is 5.91 Å². The van der Waals surface area contributed by atoms with Crippen LogP contribution < -0.4 is 10.7 Å². The Kier molecular flexibility index (Phi) is 8.45.